The highest BCUT2D eigenvalue weighted by atomic mass is 32.2. The van der Waals surface area contributed by atoms with E-state index in [4.69, 9.17) is 13.9 Å². The van der Waals surface area contributed by atoms with Crippen LogP contribution < -0.4 is 13.9 Å². The van der Waals surface area contributed by atoms with Gasteiger partial charge in [-0.2, -0.15) is 0 Å². The maximum Gasteiger partial charge on any atom is 0.310 e. The number of benzene rings is 1. The van der Waals surface area contributed by atoms with Gasteiger partial charge in [0.2, 0.25) is 0 Å². The number of methoxy groups -OCH3 is 2. The van der Waals surface area contributed by atoms with Gasteiger partial charge in [-0.1, -0.05) is 72.1 Å². The zero-order valence-corrected chi connectivity index (χ0v) is 22.5. The molecule has 0 fully saturated rings. The summed E-state index contributed by atoms with van der Waals surface area (Å²) in [5, 5.41) is 0.335. The van der Waals surface area contributed by atoms with Gasteiger partial charge in [0.05, 0.1) is 14.2 Å². The average Bonchev–Trinajstić information content (AvgIpc) is 2.74. The largest absolute Gasteiger partial charge is 0.540 e. The van der Waals surface area contributed by atoms with Crippen molar-refractivity contribution >= 4 is 26.6 Å². The van der Waals surface area contributed by atoms with Crippen LogP contribution >= 0.6 is 11.8 Å². The fraction of sp³-hybridized carbons (Fsp3) is 0.720. The van der Waals surface area contributed by atoms with E-state index in [1.54, 1.807) is 14.2 Å². The number of ether oxygens (including phenoxy) is 2. The third kappa shape index (κ3) is 9.48. The number of unbranched alkanes of at least 4 members (excludes halogenated alkanes) is 4. The summed E-state index contributed by atoms with van der Waals surface area (Å²) in [6.45, 7) is 10.8. The molecule has 0 atom stereocenters. The molecule has 0 spiro atoms. The topological polar surface area (TPSA) is 44.8 Å². The van der Waals surface area contributed by atoms with Crippen molar-refractivity contribution < 1.29 is 18.7 Å². The molecule has 0 saturated heterocycles. The first-order valence-electron chi connectivity index (χ1n) is 11.7. The van der Waals surface area contributed by atoms with Gasteiger partial charge in [0.25, 0.3) is 0 Å². The highest BCUT2D eigenvalue weighted by Gasteiger charge is 2.24. The molecule has 1 rings (SSSR count). The van der Waals surface area contributed by atoms with Gasteiger partial charge in [-0.25, -0.2) is 0 Å². The van der Waals surface area contributed by atoms with Crippen molar-refractivity contribution in [2.75, 3.05) is 20.0 Å². The second-order valence-corrected chi connectivity index (χ2v) is 10.6. The first-order chi connectivity index (χ1) is 14.9. The second kappa shape index (κ2) is 15.6. The number of carbonyl (C=O) groups excluding carboxylic acids is 1. The Morgan fingerprint density at radius 3 is 2.16 bits per heavy atom. The SMILES string of the molecule is CCCCCCCC(=O)SCCC[Si]Oc1cc(OC)c(C(C)C)c(OC)c1C(C)C. The van der Waals surface area contributed by atoms with E-state index < -0.39 is 0 Å². The van der Waals surface area contributed by atoms with Gasteiger partial charge in [-0.15, -0.1) is 0 Å². The van der Waals surface area contributed by atoms with Crippen LogP contribution in [0.2, 0.25) is 6.04 Å². The van der Waals surface area contributed by atoms with Gasteiger partial charge in [0.15, 0.2) is 5.12 Å². The minimum Gasteiger partial charge on any atom is -0.540 e. The lowest BCUT2D eigenvalue weighted by molar-refractivity contribution is -0.111. The molecule has 0 aliphatic rings. The first-order valence-corrected chi connectivity index (χ1v) is 13.8. The Balaban J connectivity index is 2.55. The van der Waals surface area contributed by atoms with Crippen LogP contribution in [0.3, 0.4) is 0 Å². The Kier molecular flexibility index (Phi) is 14.1. The highest BCUT2D eigenvalue weighted by molar-refractivity contribution is 8.13. The Labute approximate surface area is 197 Å². The van der Waals surface area contributed by atoms with E-state index in [0.29, 0.717) is 27.2 Å². The van der Waals surface area contributed by atoms with Crippen LogP contribution in [0.15, 0.2) is 6.07 Å². The van der Waals surface area contributed by atoms with Crippen molar-refractivity contribution in [3.63, 3.8) is 0 Å². The van der Waals surface area contributed by atoms with Gasteiger partial charge in [0.1, 0.15) is 17.2 Å². The van der Waals surface area contributed by atoms with E-state index >= 15 is 0 Å². The smallest absolute Gasteiger partial charge is 0.310 e. The van der Waals surface area contributed by atoms with Crippen LogP contribution in [0, 0.1) is 0 Å². The summed E-state index contributed by atoms with van der Waals surface area (Å²) < 4.78 is 17.7. The lowest BCUT2D eigenvalue weighted by Crippen LogP contribution is -2.09. The quantitative estimate of drug-likeness (QED) is 0.188. The average molecular weight is 467 g/mol. The van der Waals surface area contributed by atoms with E-state index in [2.05, 4.69) is 34.6 Å². The maximum atomic E-state index is 12.0. The van der Waals surface area contributed by atoms with Crippen molar-refractivity contribution in [1.82, 2.24) is 0 Å². The number of rotatable bonds is 16. The van der Waals surface area contributed by atoms with Crippen molar-refractivity contribution in [2.45, 2.75) is 97.4 Å². The summed E-state index contributed by atoms with van der Waals surface area (Å²) in [7, 11) is 3.77. The summed E-state index contributed by atoms with van der Waals surface area (Å²) in [5.41, 5.74) is 2.20. The molecule has 1 aromatic rings. The maximum absolute atomic E-state index is 12.0. The lowest BCUT2D eigenvalue weighted by atomic mass is 9.92. The predicted octanol–water partition coefficient (Wildman–Crippen LogP) is 7.38. The van der Waals surface area contributed by atoms with E-state index in [9.17, 15) is 4.79 Å². The molecule has 0 N–H and O–H groups in total. The monoisotopic (exact) mass is 466 g/mol. The van der Waals surface area contributed by atoms with Crippen molar-refractivity contribution in [2.24, 2.45) is 0 Å². The number of hydrogen-bond acceptors (Lipinski definition) is 5. The highest BCUT2D eigenvalue weighted by Crippen LogP contribution is 2.46. The zero-order valence-electron chi connectivity index (χ0n) is 20.6. The van der Waals surface area contributed by atoms with E-state index in [0.717, 1.165) is 53.0 Å². The molecule has 0 aromatic heterocycles. The minimum absolute atomic E-state index is 0.281. The molecule has 176 valence electrons. The molecule has 4 nitrogen and oxygen atoms in total. The zero-order chi connectivity index (χ0) is 23.2. The number of thioether (sulfide) groups is 1. The molecule has 0 saturated carbocycles. The van der Waals surface area contributed by atoms with Gasteiger partial charge < -0.3 is 13.9 Å². The number of carbonyl (C=O) groups is 1. The standard InChI is InChI=1S/C25H42O4SSi/c1-8-9-10-11-12-14-22(26)30-15-13-16-31-29-21-17-20(27-6)23(18(2)3)25(28-7)24(21)19(4)5/h17-19H,8-16H2,1-7H3. The fourth-order valence-electron chi connectivity index (χ4n) is 3.61. The lowest BCUT2D eigenvalue weighted by Gasteiger charge is -2.24. The van der Waals surface area contributed by atoms with Crippen molar-refractivity contribution in [3.8, 4) is 17.2 Å². The van der Waals surface area contributed by atoms with Gasteiger partial charge in [0, 0.05) is 29.4 Å². The summed E-state index contributed by atoms with van der Waals surface area (Å²) in [6, 6.07) is 2.96. The molecule has 0 heterocycles. The summed E-state index contributed by atoms with van der Waals surface area (Å²) in [4.78, 5) is 12.0. The fourth-order valence-corrected chi connectivity index (χ4v) is 5.42. The normalized spacial score (nSPS) is 11.3. The predicted molar refractivity (Wildman–Crippen MR) is 134 cm³/mol. The van der Waals surface area contributed by atoms with Crippen molar-refractivity contribution in [1.29, 1.82) is 0 Å². The van der Waals surface area contributed by atoms with Gasteiger partial charge in [-0.05, 0) is 30.7 Å². The molecule has 0 amide bonds. The molecule has 0 bridgehead atoms. The van der Waals surface area contributed by atoms with Crippen LogP contribution in [-0.4, -0.2) is 34.9 Å². The van der Waals surface area contributed by atoms with Crippen LogP contribution in [0.4, 0.5) is 0 Å². The molecule has 0 unspecified atom stereocenters. The van der Waals surface area contributed by atoms with Crippen LogP contribution in [0.25, 0.3) is 0 Å². The third-order valence-electron chi connectivity index (χ3n) is 5.21. The summed E-state index contributed by atoms with van der Waals surface area (Å²) in [6.07, 6.45) is 7.68. The Hall–Kier alpha value is -1.14. The minimum atomic E-state index is 0.281. The van der Waals surface area contributed by atoms with E-state index in [-0.39, 0.29) is 5.92 Å². The molecule has 0 aliphatic carbocycles. The number of hydrogen-bond donors (Lipinski definition) is 0. The second-order valence-electron chi connectivity index (χ2n) is 8.48. The third-order valence-corrected chi connectivity index (χ3v) is 7.15. The molecule has 6 heteroatoms. The van der Waals surface area contributed by atoms with Crippen molar-refractivity contribution in [3.05, 3.63) is 17.2 Å². The Morgan fingerprint density at radius 1 is 0.935 bits per heavy atom. The van der Waals surface area contributed by atoms with Crippen LogP contribution in [0.1, 0.15) is 103 Å². The molecule has 2 radical (unpaired) electrons. The summed E-state index contributed by atoms with van der Waals surface area (Å²) in [5.74, 6) is 3.99. The van der Waals surface area contributed by atoms with E-state index in [1.807, 2.05) is 6.07 Å². The molecule has 31 heavy (non-hydrogen) atoms. The first kappa shape index (κ1) is 27.9. The molecular formula is C25H42O4SSi. The molecule has 1 aromatic carbocycles. The molecular weight excluding hydrogens is 424 g/mol. The van der Waals surface area contributed by atoms with E-state index in [1.165, 1.54) is 37.4 Å². The van der Waals surface area contributed by atoms with Crippen LogP contribution in [-0.2, 0) is 4.79 Å². The Morgan fingerprint density at radius 2 is 1.58 bits per heavy atom. The Bertz CT molecular complexity index is 661. The van der Waals surface area contributed by atoms with Gasteiger partial charge >= 0.3 is 9.76 Å². The van der Waals surface area contributed by atoms with Crippen LogP contribution in [0.5, 0.6) is 17.2 Å². The molecule has 0 aliphatic heterocycles. The summed E-state index contributed by atoms with van der Waals surface area (Å²) >= 11 is 1.48. The van der Waals surface area contributed by atoms with Gasteiger partial charge in [-0.3, -0.25) is 4.79 Å².